The molecule has 1 atom stereocenters. The van der Waals surface area contributed by atoms with Crippen molar-refractivity contribution >= 4 is 22.9 Å². The Bertz CT molecular complexity index is 533. The van der Waals surface area contributed by atoms with E-state index in [0.717, 1.165) is 27.4 Å². The van der Waals surface area contributed by atoms with Gasteiger partial charge in [-0.1, -0.05) is 30.7 Å². The fraction of sp³-hybridized carbons (Fsp3) is 0.333. The molecule has 2 aromatic rings. The first-order valence-electron chi connectivity index (χ1n) is 6.11. The van der Waals surface area contributed by atoms with Gasteiger partial charge in [-0.2, -0.15) is 0 Å². The minimum Gasteiger partial charge on any atom is -0.387 e. The number of rotatable bonds is 4. The Morgan fingerprint density at radius 1 is 1.28 bits per heavy atom. The van der Waals surface area contributed by atoms with Crippen molar-refractivity contribution in [3.8, 4) is 0 Å². The van der Waals surface area contributed by atoms with E-state index < -0.39 is 6.10 Å². The van der Waals surface area contributed by atoms with E-state index in [-0.39, 0.29) is 0 Å². The summed E-state index contributed by atoms with van der Waals surface area (Å²) in [6.07, 6.45) is 1.07. The minimum atomic E-state index is -0.458. The van der Waals surface area contributed by atoms with Gasteiger partial charge in [0.05, 0.1) is 6.10 Å². The Kier molecular flexibility index (Phi) is 4.44. The van der Waals surface area contributed by atoms with Crippen molar-refractivity contribution in [2.45, 2.75) is 32.8 Å². The maximum absolute atomic E-state index is 10.3. The number of aliphatic hydroxyl groups excluding tert-OH is 1. The van der Waals surface area contributed by atoms with Gasteiger partial charge in [0.1, 0.15) is 0 Å². The van der Waals surface area contributed by atoms with Crippen molar-refractivity contribution in [1.82, 2.24) is 0 Å². The second-order valence-electron chi connectivity index (χ2n) is 4.48. The summed E-state index contributed by atoms with van der Waals surface area (Å²) >= 11 is 7.82. The Morgan fingerprint density at radius 3 is 2.72 bits per heavy atom. The van der Waals surface area contributed by atoms with Crippen LogP contribution in [0.1, 0.15) is 34.6 Å². The van der Waals surface area contributed by atoms with Crippen LogP contribution in [0.5, 0.6) is 0 Å². The smallest absolute Gasteiger partial charge is 0.0925 e. The summed E-state index contributed by atoms with van der Waals surface area (Å²) < 4.78 is 0. The molecule has 1 heterocycles. The van der Waals surface area contributed by atoms with Crippen LogP contribution in [0.3, 0.4) is 0 Å². The molecular weight excluding hydrogens is 264 g/mol. The first-order valence-corrected chi connectivity index (χ1v) is 7.37. The fourth-order valence-corrected chi connectivity index (χ4v) is 3.35. The summed E-state index contributed by atoms with van der Waals surface area (Å²) in [6.45, 7) is 4.12. The van der Waals surface area contributed by atoms with Crippen LogP contribution in [-0.4, -0.2) is 5.11 Å². The van der Waals surface area contributed by atoms with Crippen LogP contribution < -0.4 is 0 Å². The molecule has 1 aromatic carbocycles. The van der Waals surface area contributed by atoms with Gasteiger partial charge in [-0.3, -0.25) is 0 Å². The van der Waals surface area contributed by atoms with Crippen LogP contribution in [-0.2, 0) is 12.8 Å². The van der Waals surface area contributed by atoms with Gasteiger partial charge in [0, 0.05) is 16.3 Å². The van der Waals surface area contributed by atoms with Crippen LogP contribution in [0.4, 0.5) is 0 Å². The number of thiophene rings is 1. The molecule has 1 aromatic heterocycles. The van der Waals surface area contributed by atoms with E-state index in [1.165, 1.54) is 5.56 Å². The van der Waals surface area contributed by atoms with E-state index in [0.29, 0.717) is 6.42 Å². The van der Waals surface area contributed by atoms with Crippen LogP contribution >= 0.6 is 22.9 Å². The summed E-state index contributed by atoms with van der Waals surface area (Å²) in [6, 6.07) is 8.06. The van der Waals surface area contributed by atoms with Crippen molar-refractivity contribution in [3.05, 3.63) is 56.2 Å². The number of hydrogen-bond acceptors (Lipinski definition) is 2. The van der Waals surface area contributed by atoms with Gasteiger partial charge in [-0.25, -0.2) is 0 Å². The highest BCUT2D eigenvalue weighted by atomic mass is 35.5. The van der Waals surface area contributed by atoms with E-state index >= 15 is 0 Å². The van der Waals surface area contributed by atoms with Gasteiger partial charge in [0.15, 0.2) is 0 Å². The van der Waals surface area contributed by atoms with Crippen molar-refractivity contribution in [2.75, 3.05) is 0 Å². The van der Waals surface area contributed by atoms with Crippen molar-refractivity contribution in [2.24, 2.45) is 0 Å². The zero-order valence-corrected chi connectivity index (χ0v) is 12.2. The van der Waals surface area contributed by atoms with Gasteiger partial charge < -0.3 is 5.11 Å². The van der Waals surface area contributed by atoms with E-state index in [1.807, 2.05) is 30.5 Å². The predicted octanol–water partition coefficient (Wildman–Crippen LogP) is 4.55. The average molecular weight is 281 g/mol. The molecule has 0 aliphatic carbocycles. The number of halogens is 1. The molecule has 96 valence electrons. The van der Waals surface area contributed by atoms with E-state index in [4.69, 9.17) is 11.6 Å². The third kappa shape index (κ3) is 2.94. The van der Waals surface area contributed by atoms with Crippen molar-refractivity contribution in [3.63, 3.8) is 0 Å². The highest BCUT2D eigenvalue weighted by Crippen LogP contribution is 2.29. The lowest BCUT2D eigenvalue weighted by Gasteiger charge is -2.12. The molecule has 18 heavy (non-hydrogen) atoms. The van der Waals surface area contributed by atoms with Gasteiger partial charge >= 0.3 is 0 Å². The van der Waals surface area contributed by atoms with Crippen molar-refractivity contribution in [1.29, 1.82) is 0 Å². The Hall–Kier alpha value is -0.830. The maximum atomic E-state index is 10.3. The largest absolute Gasteiger partial charge is 0.387 e. The van der Waals surface area contributed by atoms with Crippen LogP contribution in [0, 0.1) is 6.92 Å². The van der Waals surface area contributed by atoms with Crippen molar-refractivity contribution < 1.29 is 5.11 Å². The molecule has 0 bridgehead atoms. The molecule has 0 fully saturated rings. The molecule has 3 heteroatoms. The summed E-state index contributed by atoms with van der Waals surface area (Å²) in [5.74, 6) is 0. The lowest BCUT2D eigenvalue weighted by atomic mass is 10.0. The molecule has 0 saturated heterocycles. The fourth-order valence-electron chi connectivity index (χ4n) is 2.05. The van der Waals surface area contributed by atoms with Crippen LogP contribution in [0.25, 0.3) is 0 Å². The second kappa shape index (κ2) is 5.87. The average Bonchev–Trinajstić information content (AvgIpc) is 2.81. The third-order valence-corrected chi connectivity index (χ3v) is 4.50. The number of hydrogen-bond donors (Lipinski definition) is 1. The molecule has 1 N–H and O–H groups in total. The quantitative estimate of drug-likeness (QED) is 0.871. The standard InChI is InChI=1S/C15H17ClOS/c1-3-11-6-7-18-15(11)14(17)9-12-5-4-10(2)8-13(12)16/h4-8,14,17H,3,9H2,1-2H3. The van der Waals surface area contributed by atoms with Crippen LogP contribution in [0.15, 0.2) is 29.6 Å². The van der Waals surface area contributed by atoms with Gasteiger partial charge in [0.2, 0.25) is 0 Å². The summed E-state index contributed by atoms with van der Waals surface area (Å²) in [5.41, 5.74) is 3.38. The van der Waals surface area contributed by atoms with Gasteiger partial charge in [-0.15, -0.1) is 11.3 Å². The zero-order valence-electron chi connectivity index (χ0n) is 10.6. The summed E-state index contributed by atoms with van der Waals surface area (Å²) in [7, 11) is 0. The lowest BCUT2D eigenvalue weighted by Crippen LogP contribution is -2.02. The first-order chi connectivity index (χ1) is 8.61. The maximum Gasteiger partial charge on any atom is 0.0925 e. The van der Waals surface area contributed by atoms with E-state index in [9.17, 15) is 5.11 Å². The third-order valence-electron chi connectivity index (χ3n) is 3.09. The number of aliphatic hydroxyl groups is 1. The summed E-state index contributed by atoms with van der Waals surface area (Å²) in [4.78, 5) is 1.06. The first kappa shape index (κ1) is 13.6. The normalized spacial score (nSPS) is 12.7. The van der Waals surface area contributed by atoms with Gasteiger partial charge in [0.25, 0.3) is 0 Å². The zero-order chi connectivity index (χ0) is 13.1. The molecule has 0 aliphatic heterocycles. The number of aryl methyl sites for hydroxylation is 2. The summed E-state index contributed by atoms with van der Waals surface area (Å²) in [5, 5.41) is 13.1. The molecule has 1 unspecified atom stereocenters. The molecule has 0 aliphatic rings. The molecule has 2 rings (SSSR count). The highest BCUT2D eigenvalue weighted by Gasteiger charge is 2.15. The lowest BCUT2D eigenvalue weighted by molar-refractivity contribution is 0.181. The van der Waals surface area contributed by atoms with Gasteiger partial charge in [-0.05, 0) is 47.5 Å². The Morgan fingerprint density at radius 2 is 2.06 bits per heavy atom. The van der Waals surface area contributed by atoms with E-state index in [2.05, 4.69) is 13.0 Å². The Balaban J connectivity index is 2.18. The second-order valence-corrected chi connectivity index (χ2v) is 5.83. The van der Waals surface area contributed by atoms with Crippen LogP contribution in [0.2, 0.25) is 5.02 Å². The molecule has 0 amide bonds. The molecular formula is C15H17ClOS. The SMILES string of the molecule is CCc1ccsc1C(O)Cc1ccc(C)cc1Cl. The predicted molar refractivity (Wildman–Crippen MR) is 78.5 cm³/mol. The topological polar surface area (TPSA) is 20.2 Å². The monoisotopic (exact) mass is 280 g/mol. The minimum absolute atomic E-state index is 0.458. The molecule has 0 radical (unpaired) electrons. The molecule has 0 spiro atoms. The molecule has 1 nitrogen and oxygen atoms in total. The Labute approximate surface area is 117 Å². The highest BCUT2D eigenvalue weighted by molar-refractivity contribution is 7.10. The number of benzene rings is 1. The molecule has 0 saturated carbocycles. The van der Waals surface area contributed by atoms with E-state index in [1.54, 1.807) is 11.3 Å².